The number of nitrogens with zero attached hydrogens (tertiary/aromatic N) is 1. The van der Waals surface area contributed by atoms with Crippen molar-refractivity contribution >= 4 is 23.9 Å². The van der Waals surface area contributed by atoms with Crippen LogP contribution < -0.4 is 11.1 Å². The van der Waals surface area contributed by atoms with Crippen LogP contribution in [0, 0.1) is 17.8 Å². The summed E-state index contributed by atoms with van der Waals surface area (Å²) in [4.78, 5) is 49.8. The van der Waals surface area contributed by atoms with Gasteiger partial charge in [-0.15, -0.1) is 5.73 Å². The molecular weight excluding hydrogens is 438 g/mol. The molecule has 1 saturated heterocycles. The van der Waals surface area contributed by atoms with Crippen LogP contribution in [0.2, 0.25) is 0 Å². The number of likely N-dealkylation sites (tertiary alicyclic amines) is 1. The molecule has 9 nitrogen and oxygen atoms in total. The van der Waals surface area contributed by atoms with Gasteiger partial charge >= 0.3 is 12.1 Å². The van der Waals surface area contributed by atoms with E-state index in [0.717, 1.165) is 44.1 Å². The lowest BCUT2D eigenvalue weighted by Gasteiger charge is -2.28. The highest BCUT2D eigenvalue weighted by Gasteiger charge is 2.47. The van der Waals surface area contributed by atoms with Crippen molar-refractivity contribution in [1.29, 1.82) is 0 Å². The van der Waals surface area contributed by atoms with Crippen molar-refractivity contribution in [2.24, 2.45) is 23.5 Å². The second kappa shape index (κ2) is 10.6. The smallest absolute Gasteiger partial charge is 0.408 e. The number of carbonyl (C=O) groups excluding carboxylic acids is 3. The maximum Gasteiger partial charge on any atom is 0.408 e. The summed E-state index contributed by atoms with van der Waals surface area (Å²) in [6, 6.07) is -1.37. The summed E-state index contributed by atoms with van der Waals surface area (Å²) < 4.78 is 5.57. The first-order chi connectivity index (χ1) is 16.3. The molecular formula is C25H35N3O6. The van der Waals surface area contributed by atoms with E-state index in [1.807, 2.05) is 6.08 Å². The van der Waals surface area contributed by atoms with Gasteiger partial charge in [0.05, 0.1) is 5.92 Å². The van der Waals surface area contributed by atoms with E-state index in [0.29, 0.717) is 44.1 Å². The summed E-state index contributed by atoms with van der Waals surface area (Å²) in [6.07, 6.45) is 9.83. The number of rotatable bonds is 11. The molecule has 3 amide bonds. The molecule has 0 aromatic rings. The van der Waals surface area contributed by atoms with Crippen LogP contribution in [-0.2, 0) is 19.1 Å². The van der Waals surface area contributed by atoms with Crippen molar-refractivity contribution < 1.29 is 29.0 Å². The Morgan fingerprint density at radius 3 is 2.62 bits per heavy atom. The number of carbonyl (C=O) groups is 4. The first-order valence-electron chi connectivity index (χ1n) is 12.6. The maximum atomic E-state index is 13.2. The van der Waals surface area contributed by atoms with Crippen LogP contribution in [0.3, 0.4) is 0 Å². The summed E-state index contributed by atoms with van der Waals surface area (Å²) in [6.45, 7) is 0.461. The van der Waals surface area contributed by atoms with Gasteiger partial charge in [0.15, 0.2) is 0 Å². The summed E-state index contributed by atoms with van der Waals surface area (Å²) in [5.41, 5.74) is 9.38. The molecule has 4 fully saturated rings. The Morgan fingerprint density at radius 2 is 1.94 bits per heavy atom. The van der Waals surface area contributed by atoms with Gasteiger partial charge < -0.3 is 25.8 Å². The van der Waals surface area contributed by atoms with Gasteiger partial charge in [-0.1, -0.05) is 12.8 Å². The molecule has 4 N–H and O–H groups in total. The molecule has 3 aliphatic carbocycles. The van der Waals surface area contributed by atoms with E-state index in [4.69, 9.17) is 15.6 Å². The number of amides is 3. The van der Waals surface area contributed by atoms with Gasteiger partial charge in [0.2, 0.25) is 11.8 Å². The third-order valence-electron chi connectivity index (χ3n) is 7.54. The molecule has 9 heteroatoms. The zero-order valence-electron chi connectivity index (χ0n) is 19.5. The molecule has 0 aromatic carbocycles. The van der Waals surface area contributed by atoms with Gasteiger partial charge in [-0.2, -0.15) is 0 Å². The number of alkyl carbamates (subject to hydrolysis) is 1. The van der Waals surface area contributed by atoms with E-state index in [-0.39, 0.29) is 17.9 Å². The Morgan fingerprint density at radius 1 is 1.18 bits per heavy atom. The number of nitrogens with one attached hydrogen (secondary N) is 1. The van der Waals surface area contributed by atoms with Gasteiger partial charge in [0, 0.05) is 6.54 Å². The first kappa shape index (κ1) is 24.3. The standard InChI is InChI=1S/C25H35N3O6/c26-22(29)21-9-6-10-28(21)23(30)20(27-25(33)34-18-12-16-11-17(16)13-18)8-5-3-1-2-4-7-15-14-19(15)24(31)32/h4,16-21H,1-3,5-6,8-14H2,(H2,26,29)(H,27,33)(H,31,32)/t7?,16?,17?,18?,19-,20-,21-/m0/s1. The molecule has 1 aliphatic heterocycles. The number of hydrogen-bond acceptors (Lipinski definition) is 5. The number of unbranched alkanes of at least 4 members (excludes halogenated alkanes) is 3. The van der Waals surface area contributed by atoms with Crippen molar-refractivity contribution in [3.8, 4) is 0 Å². The molecule has 2 unspecified atom stereocenters. The van der Waals surface area contributed by atoms with E-state index >= 15 is 0 Å². The zero-order chi connectivity index (χ0) is 24.2. The number of carboxylic acids is 1. The highest BCUT2D eigenvalue weighted by Crippen LogP contribution is 2.52. The molecule has 5 atom stereocenters. The number of carboxylic acid groups (broad SMARTS) is 1. The summed E-state index contributed by atoms with van der Waals surface area (Å²) in [7, 11) is 0. The van der Waals surface area contributed by atoms with Crippen LogP contribution in [0.25, 0.3) is 0 Å². The van der Waals surface area contributed by atoms with Gasteiger partial charge in [-0.25, -0.2) is 4.79 Å². The van der Waals surface area contributed by atoms with Crippen LogP contribution in [0.5, 0.6) is 0 Å². The molecule has 34 heavy (non-hydrogen) atoms. The lowest BCUT2D eigenvalue weighted by molar-refractivity contribution is -0.139. The largest absolute Gasteiger partial charge is 0.481 e. The number of ether oxygens (including phenoxy) is 1. The van der Waals surface area contributed by atoms with Crippen LogP contribution in [0.15, 0.2) is 17.4 Å². The minimum absolute atomic E-state index is 0.0715. The van der Waals surface area contributed by atoms with Crippen molar-refractivity contribution in [3.05, 3.63) is 17.4 Å². The predicted octanol–water partition coefficient (Wildman–Crippen LogP) is 2.49. The number of nitrogens with two attached hydrogens (primary N) is 1. The van der Waals surface area contributed by atoms with E-state index in [2.05, 4.69) is 11.0 Å². The van der Waals surface area contributed by atoms with E-state index < -0.39 is 30.1 Å². The summed E-state index contributed by atoms with van der Waals surface area (Å²) in [5, 5.41) is 11.7. The first-order valence-corrected chi connectivity index (χ1v) is 12.6. The van der Waals surface area contributed by atoms with Crippen LogP contribution in [-0.4, -0.2) is 58.6 Å². The topological polar surface area (TPSA) is 139 Å². The second-order valence-electron chi connectivity index (χ2n) is 10.2. The van der Waals surface area contributed by atoms with E-state index in [1.165, 1.54) is 11.3 Å². The Hall–Kier alpha value is -2.80. The van der Waals surface area contributed by atoms with Crippen molar-refractivity contribution in [3.63, 3.8) is 0 Å². The third kappa shape index (κ3) is 6.20. The van der Waals surface area contributed by atoms with Gasteiger partial charge in [-0.3, -0.25) is 14.4 Å². The average Bonchev–Trinajstić information content (AvgIpc) is 3.62. The van der Waals surface area contributed by atoms with Crippen molar-refractivity contribution in [2.75, 3.05) is 6.54 Å². The zero-order valence-corrected chi connectivity index (χ0v) is 19.5. The minimum atomic E-state index is -0.793. The van der Waals surface area contributed by atoms with Crippen LogP contribution in [0.1, 0.15) is 70.6 Å². The monoisotopic (exact) mass is 473 g/mol. The third-order valence-corrected chi connectivity index (χ3v) is 7.54. The fourth-order valence-corrected chi connectivity index (χ4v) is 5.40. The van der Waals surface area contributed by atoms with Crippen molar-refractivity contribution in [1.82, 2.24) is 10.2 Å². The molecule has 4 rings (SSSR count). The van der Waals surface area contributed by atoms with Crippen molar-refractivity contribution in [2.45, 2.75) is 88.8 Å². The normalized spacial score (nSPS) is 29.6. The van der Waals surface area contributed by atoms with E-state index in [1.54, 1.807) is 0 Å². The number of hydrogen-bond donors (Lipinski definition) is 3. The van der Waals surface area contributed by atoms with Gasteiger partial charge in [0.1, 0.15) is 18.2 Å². The molecule has 0 aromatic heterocycles. The minimum Gasteiger partial charge on any atom is -0.481 e. The fourth-order valence-electron chi connectivity index (χ4n) is 5.40. The molecule has 0 spiro atoms. The SMILES string of the molecule is NC(=O)[C@@H]1CCCN1C(=O)[C@H](CCCCCC=C=C1C[C@@H]1C(=O)O)NC(=O)OC1CC2CC2C1. The molecule has 3 saturated carbocycles. The Labute approximate surface area is 199 Å². The quantitative estimate of drug-likeness (QED) is 0.311. The number of primary amides is 1. The average molecular weight is 474 g/mol. The molecule has 4 aliphatic rings. The Balaban J connectivity index is 1.25. The molecule has 0 radical (unpaired) electrons. The summed E-state index contributed by atoms with van der Waals surface area (Å²) in [5.74, 6) is -0.561. The Bertz CT molecular complexity index is 885. The molecule has 186 valence electrons. The van der Waals surface area contributed by atoms with Gasteiger partial charge in [0.25, 0.3) is 0 Å². The lowest BCUT2D eigenvalue weighted by atomic mass is 10.1. The van der Waals surface area contributed by atoms with E-state index in [9.17, 15) is 19.2 Å². The highest BCUT2D eigenvalue weighted by molar-refractivity contribution is 5.91. The van der Waals surface area contributed by atoms with Crippen LogP contribution in [0.4, 0.5) is 4.79 Å². The van der Waals surface area contributed by atoms with Crippen LogP contribution >= 0.6 is 0 Å². The summed E-state index contributed by atoms with van der Waals surface area (Å²) >= 11 is 0. The fraction of sp³-hybridized carbons (Fsp3) is 0.720. The lowest BCUT2D eigenvalue weighted by Crippen LogP contribution is -2.53. The highest BCUT2D eigenvalue weighted by atomic mass is 16.6. The Kier molecular flexibility index (Phi) is 7.61. The maximum absolute atomic E-state index is 13.2. The number of fused-ring (bicyclic) bond motifs is 1. The van der Waals surface area contributed by atoms with Gasteiger partial charge in [-0.05, 0) is 81.3 Å². The second-order valence-corrected chi connectivity index (χ2v) is 10.2. The molecule has 0 bridgehead atoms. The predicted molar refractivity (Wildman–Crippen MR) is 122 cm³/mol. The number of aliphatic carboxylic acids is 1. The molecule has 1 heterocycles.